The van der Waals surface area contributed by atoms with E-state index in [1.165, 1.54) is 4.90 Å². The number of rotatable bonds is 0. The van der Waals surface area contributed by atoms with Crippen LogP contribution in [0.1, 0.15) is 13.3 Å². The summed E-state index contributed by atoms with van der Waals surface area (Å²) in [6, 6.07) is 0.444. The Morgan fingerprint density at radius 1 is 1.64 bits per heavy atom. The molecule has 0 spiro atoms. The zero-order chi connectivity index (χ0) is 8.27. The first-order chi connectivity index (χ1) is 5.20. The van der Waals surface area contributed by atoms with Gasteiger partial charge in [-0.1, -0.05) is 0 Å². The highest BCUT2D eigenvalue weighted by Crippen LogP contribution is 2.00. The lowest BCUT2D eigenvalue weighted by molar-refractivity contribution is 0.148. The average molecular weight is 158 g/mol. The second kappa shape index (κ2) is 3.57. The van der Waals surface area contributed by atoms with Crippen molar-refractivity contribution in [3.8, 4) is 0 Å². The largest absolute Gasteiger partial charge is 0.465 e. The Morgan fingerprint density at radius 3 is 3.00 bits per heavy atom. The maximum Gasteiger partial charge on any atom is 0.407 e. The quantitative estimate of drug-likeness (QED) is 0.534. The molecule has 2 N–H and O–H groups in total. The van der Waals surface area contributed by atoms with Crippen molar-refractivity contribution >= 4 is 6.09 Å². The minimum atomic E-state index is -0.805. The summed E-state index contributed by atoms with van der Waals surface area (Å²) in [5.74, 6) is 0. The number of hydrogen-bond acceptors (Lipinski definition) is 2. The summed E-state index contributed by atoms with van der Waals surface area (Å²) in [6.45, 7) is 4.11. The molecule has 4 nitrogen and oxygen atoms in total. The van der Waals surface area contributed by atoms with E-state index in [0.29, 0.717) is 19.1 Å². The second-order valence-corrected chi connectivity index (χ2v) is 2.91. The molecule has 0 aromatic rings. The number of nitrogens with zero attached hydrogens (tertiary/aromatic N) is 1. The Balaban J connectivity index is 2.40. The Hall–Kier alpha value is -0.770. The van der Waals surface area contributed by atoms with Crippen LogP contribution in [0.15, 0.2) is 0 Å². The van der Waals surface area contributed by atoms with E-state index in [-0.39, 0.29) is 0 Å². The molecule has 0 radical (unpaired) electrons. The van der Waals surface area contributed by atoms with Gasteiger partial charge in [-0.2, -0.15) is 0 Å². The Bertz CT molecular complexity index is 149. The standard InChI is InChI=1S/C7H14N2O2/c1-6-2-4-9(7(10)11)5-3-8-6/h6,8H,2-5H2,1H3,(H,10,11). The summed E-state index contributed by atoms with van der Waals surface area (Å²) in [5, 5.41) is 11.9. The second-order valence-electron chi connectivity index (χ2n) is 2.91. The van der Waals surface area contributed by atoms with Gasteiger partial charge in [0.1, 0.15) is 0 Å². The highest BCUT2D eigenvalue weighted by Gasteiger charge is 2.15. The summed E-state index contributed by atoms with van der Waals surface area (Å²) >= 11 is 0. The van der Waals surface area contributed by atoms with Gasteiger partial charge in [0.15, 0.2) is 0 Å². The van der Waals surface area contributed by atoms with Gasteiger partial charge in [-0.25, -0.2) is 4.79 Å². The summed E-state index contributed by atoms with van der Waals surface area (Å²) in [6.07, 6.45) is 0.104. The molecule has 1 saturated heterocycles. The molecule has 1 unspecified atom stereocenters. The van der Waals surface area contributed by atoms with Gasteiger partial charge in [0, 0.05) is 25.7 Å². The van der Waals surface area contributed by atoms with Crippen molar-refractivity contribution < 1.29 is 9.90 Å². The average Bonchev–Trinajstić information content (AvgIpc) is 2.13. The van der Waals surface area contributed by atoms with E-state index < -0.39 is 6.09 Å². The van der Waals surface area contributed by atoms with Crippen molar-refractivity contribution in [2.24, 2.45) is 0 Å². The van der Waals surface area contributed by atoms with E-state index in [1.807, 2.05) is 0 Å². The van der Waals surface area contributed by atoms with Gasteiger partial charge in [-0.15, -0.1) is 0 Å². The highest BCUT2D eigenvalue weighted by molar-refractivity contribution is 5.64. The van der Waals surface area contributed by atoms with E-state index in [2.05, 4.69) is 12.2 Å². The fourth-order valence-electron chi connectivity index (χ4n) is 1.20. The molecular weight excluding hydrogens is 144 g/mol. The topological polar surface area (TPSA) is 52.6 Å². The van der Waals surface area contributed by atoms with Gasteiger partial charge in [-0.3, -0.25) is 0 Å². The molecule has 0 saturated carbocycles. The molecule has 1 fully saturated rings. The fourth-order valence-corrected chi connectivity index (χ4v) is 1.20. The fraction of sp³-hybridized carbons (Fsp3) is 0.857. The predicted molar refractivity (Wildman–Crippen MR) is 41.7 cm³/mol. The summed E-state index contributed by atoms with van der Waals surface area (Å²) in [4.78, 5) is 12.0. The van der Waals surface area contributed by atoms with Crippen molar-refractivity contribution in [2.75, 3.05) is 19.6 Å². The maximum absolute atomic E-state index is 10.5. The van der Waals surface area contributed by atoms with Crippen molar-refractivity contribution in [3.63, 3.8) is 0 Å². The normalized spacial score (nSPS) is 26.3. The maximum atomic E-state index is 10.5. The van der Waals surface area contributed by atoms with Crippen molar-refractivity contribution in [1.82, 2.24) is 10.2 Å². The van der Waals surface area contributed by atoms with Gasteiger partial charge in [0.2, 0.25) is 0 Å². The van der Waals surface area contributed by atoms with Crippen LogP contribution >= 0.6 is 0 Å². The molecule has 0 bridgehead atoms. The molecule has 64 valence electrons. The van der Waals surface area contributed by atoms with Gasteiger partial charge in [0.05, 0.1) is 0 Å². The third-order valence-corrected chi connectivity index (χ3v) is 1.98. The molecule has 1 aliphatic heterocycles. The number of carboxylic acid groups (broad SMARTS) is 1. The molecule has 11 heavy (non-hydrogen) atoms. The van der Waals surface area contributed by atoms with E-state index >= 15 is 0 Å². The van der Waals surface area contributed by atoms with E-state index in [4.69, 9.17) is 5.11 Å². The van der Waals surface area contributed by atoms with Gasteiger partial charge in [0.25, 0.3) is 0 Å². The Morgan fingerprint density at radius 2 is 2.36 bits per heavy atom. The molecule has 1 heterocycles. The van der Waals surface area contributed by atoms with Crippen LogP contribution in [0.25, 0.3) is 0 Å². The minimum Gasteiger partial charge on any atom is -0.465 e. The number of hydrogen-bond donors (Lipinski definition) is 2. The first-order valence-corrected chi connectivity index (χ1v) is 3.91. The van der Waals surface area contributed by atoms with Crippen LogP contribution in [0.4, 0.5) is 4.79 Å². The van der Waals surface area contributed by atoms with E-state index in [0.717, 1.165) is 13.0 Å². The lowest BCUT2D eigenvalue weighted by Gasteiger charge is -2.14. The number of amides is 1. The van der Waals surface area contributed by atoms with E-state index in [9.17, 15) is 4.79 Å². The minimum absolute atomic E-state index is 0.444. The van der Waals surface area contributed by atoms with Crippen LogP contribution in [0.2, 0.25) is 0 Å². The molecule has 1 amide bonds. The van der Waals surface area contributed by atoms with Crippen LogP contribution in [-0.2, 0) is 0 Å². The highest BCUT2D eigenvalue weighted by atomic mass is 16.4. The van der Waals surface area contributed by atoms with Gasteiger partial charge in [-0.05, 0) is 13.3 Å². The predicted octanol–water partition coefficient (Wildman–Crippen LogP) is 0.348. The molecule has 0 aliphatic carbocycles. The zero-order valence-electron chi connectivity index (χ0n) is 6.71. The third-order valence-electron chi connectivity index (χ3n) is 1.98. The van der Waals surface area contributed by atoms with Crippen molar-refractivity contribution in [2.45, 2.75) is 19.4 Å². The molecule has 0 aromatic heterocycles. The molecule has 1 aliphatic rings. The lowest BCUT2D eigenvalue weighted by Crippen LogP contribution is -2.32. The molecular formula is C7H14N2O2. The van der Waals surface area contributed by atoms with Crippen LogP contribution in [-0.4, -0.2) is 41.8 Å². The molecule has 1 rings (SSSR count). The van der Waals surface area contributed by atoms with Crippen molar-refractivity contribution in [1.29, 1.82) is 0 Å². The summed E-state index contributed by atoms with van der Waals surface area (Å²) < 4.78 is 0. The Kier molecular flexibility index (Phi) is 2.70. The summed E-state index contributed by atoms with van der Waals surface area (Å²) in [5.41, 5.74) is 0. The van der Waals surface area contributed by atoms with E-state index in [1.54, 1.807) is 0 Å². The SMILES string of the molecule is CC1CCN(C(=O)O)CCN1. The monoisotopic (exact) mass is 158 g/mol. The lowest BCUT2D eigenvalue weighted by atomic mass is 10.2. The molecule has 4 heteroatoms. The first kappa shape index (κ1) is 8.33. The van der Waals surface area contributed by atoms with Crippen LogP contribution in [0.5, 0.6) is 0 Å². The van der Waals surface area contributed by atoms with Gasteiger partial charge >= 0.3 is 6.09 Å². The van der Waals surface area contributed by atoms with Crippen LogP contribution in [0, 0.1) is 0 Å². The number of nitrogens with one attached hydrogen (secondary N) is 1. The Labute approximate surface area is 66.2 Å². The van der Waals surface area contributed by atoms with Gasteiger partial charge < -0.3 is 15.3 Å². The summed E-state index contributed by atoms with van der Waals surface area (Å²) in [7, 11) is 0. The first-order valence-electron chi connectivity index (χ1n) is 3.91. The molecule has 0 aromatic carbocycles. The van der Waals surface area contributed by atoms with Crippen LogP contribution < -0.4 is 5.32 Å². The van der Waals surface area contributed by atoms with Crippen molar-refractivity contribution in [3.05, 3.63) is 0 Å². The smallest absolute Gasteiger partial charge is 0.407 e. The third kappa shape index (κ3) is 2.38. The van der Waals surface area contributed by atoms with Crippen LogP contribution in [0.3, 0.4) is 0 Å². The zero-order valence-corrected chi connectivity index (χ0v) is 6.71. The molecule has 1 atom stereocenters. The number of carbonyl (C=O) groups is 1.